The second-order valence-electron chi connectivity index (χ2n) is 7.55. The van der Waals surface area contributed by atoms with E-state index in [-0.39, 0.29) is 12.1 Å². The van der Waals surface area contributed by atoms with E-state index in [1.807, 2.05) is 66.7 Å². The Balaban J connectivity index is 1.35. The van der Waals surface area contributed by atoms with Crippen molar-refractivity contribution in [2.45, 2.75) is 18.6 Å². The molecular formula is C25H24Cl2N2O2. The van der Waals surface area contributed by atoms with Crippen molar-refractivity contribution < 1.29 is 9.53 Å². The number of carbonyl (C=O) groups excluding carboxylic acids is 1. The van der Waals surface area contributed by atoms with Crippen molar-refractivity contribution in [3.63, 3.8) is 0 Å². The third-order valence-electron chi connectivity index (χ3n) is 5.37. The molecule has 0 bridgehead atoms. The molecule has 0 atom stereocenters. The number of benzene rings is 3. The van der Waals surface area contributed by atoms with Crippen molar-refractivity contribution in [2.75, 3.05) is 19.6 Å². The zero-order valence-electron chi connectivity index (χ0n) is 17.0. The first kappa shape index (κ1) is 21.7. The molecule has 3 aromatic rings. The summed E-state index contributed by atoms with van der Waals surface area (Å²) in [7, 11) is 0. The maximum Gasteiger partial charge on any atom is 0.317 e. The molecule has 0 unspecified atom stereocenters. The number of rotatable bonds is 7. The molecule has 2 amide bonds. The van der Waals surface area contributed by atoms with Gasteiger partial charge in [0.1, 0.15) is 6.10 Å². The number of urea groups is 1. The second-order valence-corrected chi connectivity index (χ2v) is 8.37. The van der Waals surface area contributed by atoms with Gasteiger partial charge in [0.25, 0.3) is 0 Å². The number of halogens is 2. The Kier molecular flexibility index (Phi) is 7.13. The number of nitrogens with zero attached hydrogens (tertiary/aromatic N) is 1. The zero-order valence-corrected chi connectivity index (χ0v) is 18.5. The SMILES string of the molecule is O=C(NCCc1ccccc1)N1CC(OC(c2ccccc2Cl)c2ccccc2Cl)C1. The van der Waals surface area contributed by atoms with Crippen LogP contribution in [0, 0.1) is 0 Å². The number of hydrogen-bond donors (Lipinski definition) is 1. The van der Waals surface area contributed by atoms with Crippen LogP contribution in [-0.2, 0) is 11.2 Å². The van der Waals surface area contributed by atoms with E-state index in [0.717, 1.165) is 17.5 Å². The second kappa shape index (κ2) is 10.2. The number of nitrogens with one attached hydrogen (secondary N) is 1. The summed E-state index contributed by atoms with van der Waals surface area (Å²) < 4.78 is 6.38. The van der Waals surface area contributed by atoms with E-state index >= 15 is 0 Å². The van der Waals surface area contributed by atoms with Gasteiger partial charge in [0.2, 0.25) is 0 Å². The van der Waals surface area contributed by atoms with Gasteiger partial charge in [0, 0.05) is 27.7 Å². The topological polar surface area (TPSA) is 41.6 Å². The summed E-state index contributed by atoms with van der Waals surface area (Å²) in [5.41, 5.74) is 2.93. The third kappa shape index (κ3) is 5.40. The first-order valence-corrected chi connectivity index (χ1v) is 11.1. The predicted molar refractivity (Wildman–Crippen MR) is 125 cm³/mol. The van der Waals surface area contributed by atoms with Crippen molar-refractivity contribution in [1.29, 1.82) is 0 Å². The quantitative estimate of drug-likeness (QED) is 0.494. The zero-order chi connectivity index (χ0) is 21.6. The van der Waals surface area contributed by atoms with Crippen LogP contribution in [-0.4, -0.2) is 36.7 Å². The van der Waals surface area contributed by atoms with Crippen LogP contribution in [0.2, 0.25) is 10.0 Å². The monoisotopic (exact) mass is 454 g/mol. The number of hydrogen-bond acceptors (Lipinski definition) is 2. The third-order valence-corrected chi connectivity index (χ3v) is 6.06. The van der Waals surface area contributed by atoms with E-state index in [9.17, 15) is 4.79 Å². The van der Waals surface area contributed by atoms with Crippen molar-refractivity contribution in [3.8, 4) is 0 Å². The van der Waals surface area contributed by atoms with Crippen LogP contribution in [0.5, 0.6) is 0 Å². The minimum Gasteiger partial charge on any atom is -0.362 e. The number of amides is 2. The Labute approximate surface area is 192 Å². The summed E-state index contributed by atoms with van der Waals surface area (Å²) in [6.07, 6.45) is 0.328. The Hall–Kier alpha value is -2.53. The minimum absolute atomic E-state index is 0.0668. The fourth-order valence-corrected chi connectivity index (χ4v) is 4.11. The average molecular weight is 455 g/mol. The van der Waals surface area contributed by atoms with Gasteiger partial charge in [-0.15, -0.1) is 0 Å². The molecule has 3 aromatic carbocycles. The van der Waals surface area contributed by atoms with E-state index < -0.39 is 6.10 Å². The molecule has 1 heterocycles. The molecule has 0 spiro atoms. The molecule has 0 radical (unpaired) electrons. The van der Waals surface area contributed by atoms with Crippen molar-refractivity contribution in [1.82, 2.24) is 10.2 Å². The van der Waals surface area contributed by atoms with Crippen molar-refractivity contribution in [2.24, 2.45) is 0 Å². The maximum absolute atomic E-state index is 12.4. The lowest BCUT2D eigenvalue weighted by molar-refractivity contribution is -0.0644. The Bertz CT molecular complexity index is 977. The molecular weight excluding hydrogens is 431 g/mol. The van der Waals surface area contributed by atoms with Gasteiger partial charge in [-0.25, -0.2) is 4.79 Å². The molecule has 1 fully saturated rings. The first-order valence-electron chi connectivity index (χ1n) is 10.3. The highest BCUT2D eigenvalue weighted by molar-refractivity contribution is 6.32. The lowest BCUT2D eigenvalue weighted by Crippen LogP contribution is -2.58. The summed E-state index contributed by atoms with van der Waals surface area (Å²) in [6, 6.07) is 25.3. The first-order chi connectivity index (χ1) is 15.1. The van der Waals surface area contributed by atoms with Crippen LogP contribution in [0.25, 0.3) is 0 Å². The van der Waals surface area contributed by atoms with Gasteiger partial charge < -0.3 is 15.0 Å². The van der Waals surface area contributed by atoms with Gasteiger partial charge in [-0.05, 0) is 24.1 Å². The lowest BCUT2D eigenvalue weighted by Gasteiger charge is -2.40. The predicted octanol–water partition coefficient (Wildman–Crippen LogP) is 5.74. The Morgan fingerprint density at radius 1 is 0.903 bits per heavy atom. The van der Waals surface area contributed by atoms with Gasteiger partial charge in [-0.1, -0.05) is 89.9 Å². The normalized spacial score (nSPS) is 13.8. The van der Waals surface area contributed by atoms with Gasteiger partial charge in [0.05, 0.1) is 19.2 Å². The molecule has 1 saturated heterocycles. The van der Waals surface area contributed by atoms with Crippen LogP contribution in [0.4, 0.5) is 4.79 Å². The van der Waals surface area contributed by atoms with Crippen LogP contribution in [0.15, 0.2) is 78.9 Å². The van der Waals surface area contributed by atoms with E-state index in [1.165, 1.54) is 5.56 Å². The van der Waals surface area contributed by atoms with Crippen LogP contribution in [0.3, 0.4) is 0 Å². The molecule has 31 heavy (non-hydrogen) atoms. The van der Waals surface area contributed by atoms with Crippen LogP contribution < -0.4 is 5.32 Å². The number of likely N-dealkylation sites (tertiary alicyclic amines) is 1. The number of carbonyl (C=O) groups is 1. The molecule has 160 valence electrons. The largest absolute Gasteiger partial charge is 0.362 e. The molecule has 1 aliphatic heterocycles. The Morgan fingerprint density at radius 2 is 1.45 bits per heavy atom. The molecule has 1 N–H and O–H groups in total. The molecule has 0 aromatic heterocycles. The number of ether oxygens (including phenoxy) is 1. The molecule has 4 nitrogen and oxygen atoms in total. The smallest absolute Gasteiger partial charge is 0.317 e. The van der Waals surface area contributed by atoms with E-state index in [2.05, 4.69) is 17.4 Å². The highest BCUT2D eigenvalue weighted by atomic mass is 35.5. The van der Waals surface area contributed by atoms with Crippen LogP contribution in [0.1, 0.15) is 22.8 Å². The lowest BCUT2D eigenvalue weighted by atomic mass is 10.0. The van der Waals surface area contributed by atoms with E-state index in [1.54, 1.807) is 4.90 Å². The molecule has 6 heteroatoms. The highest BCUT2D eigenvalue weighted by Crippen LogP contribution is 2.36. The van der Waals surface area contributed by atoms with Gasteiger partial charge in [0.15, 0.2) is 0 Å². The molecule has 1 aliphatic rings. The van der Waals surface area contributed by atoms with Crippen molar-refractivity contribution >= 4 is 29.2 Å². The van der Waals surface area contributed by atoms with Gasteiger partial charge in [-0.2, -0.15) is 0 Å². The Morgan fingerprint density at radius 3 is 2.03 bits per heavy atom. The summed E-state index contributed by atoms with van der Waals surface area (Å²) in [6.45, 7) is 1.66. The summed E-state index contributed by atoms with van der Waals surface area (Å²) in [5, 5.41) is 4.23. The van der Waals surface area contributed by atoms with Gasteiger partial charge >= 0.3 is 6.03 Å². The van der Waals surface area contributed by atoms with Crippen LogP contribution >= 0.6 is 23.2 Å². The average Bonchev–Trinajstić information content (AvgIpc) is 2.75. The molecule has 0 saturated carbocycles. The van der Waals surface area contributed by atoms with E-state index in [0.29, 0.717) is 29.7 Å². The fourth-order valence-electron chi connectivity index (χ4n) is 3.64. The summed E-state index contributed by atoms with van der Waals surface area (Å²) >= 11 is 12.9. The van der Waals surface area contributed by atoms with Crippen molar-refractivity contribution in [3.05, 3.63) is 106 Å². The molecule has 0 aliphatic carbocycles. The minimum atomic E-state index is -0.393. The standard InChI is InChI=1S/C25H24Cl2N2O2/c26-22-12-6-4-10-20(22)24(21-11-5-7-13-23(21)27)31-19-16-29(17-19)25(30)28-15-14-18-8-2-1-3-9-18/h1-13,19,24H,14-17H2,(H,28,30). The summed E-state index contributed by atoms with van der Waals surface area (Å²) in [5.74, 6) is 0. The highest BCUT2D eigenvalue weighted by Gasteiger charge is 2.34. The summed E-state index contributed by atoms with van der Waals surface area (Å²) in [4.78, 5) is 14.2. The van der Waals surface area contributed by atoms with E-state index in [4.69, 9.17) is 27.9 Å². The fraction of sp³-hybridized carbons (Fsp3) is 0.240. The maximum atomic E-state index is 12.4. The molecule has 4 rings (SSSR count). The van der Waals surface area contributed by atoms with Gasteiger partial charge in [-0.3, -0.25) is 0 Å².